The topological polar surface area (TPSA) is 12.0 Å². The Morgan fingerprint density at radius 2 is 2.30 bits per heavy atom. The Bertz CT molecular complexity index is 568. The van der Waals surface area contributed by atoms with Crippen LogP contribution in [0.25, 0.3) is 0 Å². The molecule has 1 nitrogen and oxygen atoms in total. The van der Waals surface area contributed by atoms with Crippen molar-refractivity contribution in [3.63, 3.8) is 0 Å². The van der Waals surface area contributed by atoms with Crippen LogP contribution in [0.4, 0.5) is 4.39 Å². The molecule has 106 valence electrons. The zero-order valence-electron chi connectivity index (χ0n) is 11.4. The van der Waals surface area contributed by atoms with Crippen molar-refractivity contribution in [1.29, 1.82) is 0 Å². The standard InChI is InChI=1S/C16H18FNS2/c1-11(9-12-5-7-19-10-12)18-15-6-8-20-16-13(15)3-2-4-14(16)17/h2-5,7,10-11,15,18H,6,8-9H2,1H3. The first kappa shape index (κ1) is 14.1. The first-order chi connectivity index (χ1) is 9.74. The second-order valence-electron chi connectivity index (χ2n) is 5.25. The number of thiophene rings is 1. The molecule has 0 saturated carbocycles. The number of halogens is 1. The lowest BCUT2D eigenvalue weighted by Gasteiger charge is -2.29. The molecule has 2 aromatic rings. The van der Waals surface area contributed by atoms with Gasteiger partial charge in [-0.2, -0.15) is 11.3 Å². The molecule has 20 heavy (non-hydrogen) atoms. The van der Waals surface area contributed by atoms with Gasteiger partial charge in [0.1, 0.15) is 5.82 Å². The van der Waals surface area contributed by atoms with E-state index in [-0.39, 0.29) is 11.9 Å². The van der Waals surface area contributed by atoms with Crippen LogP contribution < -0.4 is 5.32 Å². The van der Waals surface area contributed by atoms with Crippen LogP contribution >= 0.6 is 23.1 Å². The molecule has 1 aromatic carbocycles. The summed E-state index contributed by atoms with van der Waals surface area (Å²) in [6.45, 7) is 2.21. The first-order valence-corrected chi connectivity index (χ1v) is 8.85. The number of hydrogen-bond donors (Lipinski definition) is 1. The number of nitrogens with one attached hydrogen (secondary N) is 1. The number of benzene rings is 1. The van der Waals surface area contributed by atoms with E-state index >= 15 is 0 Å². The van der Waals surface area contributed by atoms with Gasteiger partial charge in [-0.3, -0.25) is 0 Å². The van der Waals surface area contributed by atoms with E-state index in [1.54, 1.807) is 29.2 Å². The van der Waals surface area contributed by atoms with Crippen molar-refractivity contribution in [2.45, 2.75) is 36.7 Å². The third kappa shape index (κ3) is 3.08. The Kier molecular flexibility index (Phi) is 4.44. The van der Waals surface area contributed by atoms with Crippen molar-refractivity contribution < 1.29 is 4.39 Å². The average molecular weight is 307 g/mol. The van der Waals surface area contributed by atoms with Crippen molar-refractivity contribution in [3.05, 3.63) is 52.0 Å². The summed E-state index contributed by atoms with van der Waals surface area (Å²) in [5.74, 6) is 0.904. The van der Waals surface area contributed by atoms with Gasteiger partial charge < -0.3 is 5.32 Å². The molecule has 4 heteroatoms. The molecule has 1 N–H and O–H groups in total. The Morgan fingerprint density at radius 1 is 1.40 bits per heavy atom. The fourth-order valence-electron chi connectivity index (χ4n) is 2.72. The first-order valence-electron chi connectivity index (χ1n) is 6.92. The van der Waals surface area contributed by atoms with E-state index < -0.39 is 0 Å². The van der Waals surface area contributed by atoms with Gasteiger partial charge in [-0.1, -0.05) is 12.1 Å². The van der Waals surface area contributed by atoms with Gasteiger partial charge in [0.15, 0.2) is 0 Å². The lowest BCUT2D eigenvalue weighted by molar-refractivity contribution is 0.433. The summed E-state index contributed by atoms with van der Waals surface area (Å²) in [5.41, 5.74) is 2.50. The quantitative estimate of drug-likeness (QED) is 0.883. The van der Waals surface area contributed by atoms with Crippen molar-refractivity contribution in [1.82, 2.24) is 5.32 Å². The Hall–Kier alpha value is -0.840. The van der Waals surface area contributed by atoms with Crippen LogP contribution in [0.3, 0.4) is 0 Å². The van der Waals surface area contributed by atoms with Crippen LogP contribution in [-0.4, -0.2) is 11.8 Å². The molecule has 1 aromatic heterocycles. The second kappa shape index (κ2) is 6.29. The third-order valence-electron chi connectivity index (χ3n) is 3.63. The summed E-state index contributed by atoms with van der Waals surface area (Å²) >= 11 is 3.38. The summed E-state index contributed by atoms with van der Waals surface area (Å²) in [7, 11) is 0. The monoisotopic (exact) mass is 307 g/mol. The predicted octanol–water partition coefficient (Wildman–Crippen LogP) is 4.64. The number of fused-ring (bicyclic) bond motifs is 1. The molecule has 0 radical (unpaired) electrons. The Morgan fingerprint density at radius 3 is 3.10 bits per heavy atom. The van der Waals surface area contributed by atoms with E-state index in [1.807, 2.05) is 6.07 Å². The molecule has 0 bridgehead atoms. The maximum absolute atomic E-state index is 13.8. The molecule has 2 unspecified atom stereocenters. The van der Waals surface area contributed by atoms with Crippen molar-refractivity contribution in [2.75, 3.05) is 5.75 Å². The highest BCUT2D eigenvalue weighted by molar-refractivity contribution is 7.99. The van der Waals surface area contributed by atoms with E-state index in [1.165, 1.54) is 5.56 Å². The zero-order valence-corrected chi connectivity index (χ0v) is 13.1. The highest BCUT2D eigenvalue weighted by atomic mass is 32.2. The second-order valence-corrected chi connectivity index (χ2v) is 7.14. The van der Waals surface area contributed by atoms with Gasteiger partial charge >= 0.3 is 0 Å². The van der Waals surface area contributed by atoms with Gasteiger partial charge in [-0.05, 0) is 59.5 Å². The van der Waals surface area contributed by atoms with Crippen molar-refractivity contribution in [2.24, 2.45) is 0 Å². The van der Waals surface area contributed by atoms with E-state index in [9.17, 15) is 4.39 Å². The average Bonchev–Trinajstić information content (AvgIpc) is 2.93. The lowest BCUT2D eigenvalue weighted by Crippen LogP contribution is -2.34. The summed E-state index contributed by atoms with van der Waals surface area (Å²) in [5, 5.41) is 7.98. The zero-order chi connectivity index (χ0) is 13.9. The van der Waals surface area contributed by atoms with Gasteiger partial charge in [-0.15, -0.1) is 11.8 Å². The lowest BCUT2D eigenvalue weighted by atomic mass is 10.0. The summed E-state index contributed by atoms with van der Waals surface area (Å²) in [4.78, 5) is 0.832. The molecule has 2 atom stereocenters. The maximum Gasteiger partial charge on any atom is 0.137 e. The highest BCUT2D eigenvalue weighted by Gasteiger charge is 2.24. The molecule has 1 aliphatic heterocycles. The minimum Gasteiger partial charge on any atom is -0.307 e. The van der Waals surface area contributed by atoms with E-state index in [2.05, 4.69) is 35.1 Å². The minimum absolute atomic E-state index is 0.0792. The van der Waals surface area contributed by atoms with Gasteiger partial charge in [-0.25, -0.2) is 4.39 Å². The molecular weight excluding hydrogens is 289 g/mol. The van der Waals surface area contributed by atoms with E-state index in [0.717, 1.165) is 29.1 Å². The van der Waals surface area contributed by atoms with Crippen molar-refractivity contribution >= 4 is 23.1 Å². The normalized spacial score (nSPS) is 19.6. The SMILES string of the molecule is CC(Cc1ccsc1)NC1CCSc2c(F)cccc21. The Balaban J connectivity index is 1.71. The fourth-order valence-corrected chi connectivity index (χ4v) is 4.55. The molecule has 0 amide bonds. The molecule has 0 aliphatic carbocycles. The summed E-state index contributed by atoms with van der Waals surface area (Å²) < 4.78 is 13.8. The van der Waals surface area contributed by atoms with E-state index in [0.29, 0.717) is 6.04 Å². The van der Waals surface area contributed by atoms with Crippen LogP contribution in [0.2, 0.25) is 0 Å². The third-order valence-corrected chi connectivity index (χ3v) is 5.52. The summed E-state index contributed by atoms with van der Waals surface area (Å²) in [6.07, 6.45) is 2.09. The molecule has 0 fully saturated rings. The van der Waals surface area contributed by atoms with Gasteiger partial charge in [0, 0.05) is 17.0 Å². The van der Waals surface area contributed by atoms with Crippen LogP contribution in [-0.2, 0) is 6.42 Å². The number of thioether (sulfide) groups is 1. The predicted molar refractivity (Wildman–Crippen MR) is 85.1 cm³/mol. The fraction of sp³-hybridized carbons (Fsp3) is 0.375. The molecule has 3 rings (SSSR count). The molecule has 1 aliphatic rings. The number of rotatable bonds is 4. The van der Waals surface area contributed by atoms with Crippen LogP contribution in [0.15, 0.2) is 39.9 Å². The van der Waals surface area contributed by atoms with Crippen LogP contribution in [0.5, 0.6) is 0 Å². The highest BCUT2D eigenvalue weighted by Crippen LogP contribution is 2.37. The smallest absolute Gasteiger partial charge is 0.137 e. The van der Waals surface area contributed by atoms with Crippen molar-refractivity contribution in [3.8, 4) is 0 Å². The Labute approximate surface area is 127 Å². The molecule has 0 spiro atoms. The molecule has 0 saturated heterocycles. The van der Waals surface area contributed by atoms with Gasteiger partial charge in [0.25, 0.3) is 0 Å². The van der Waals surface area contributed by atoms with Gasteiger partial charge in [0.05, 0.1) is 0 Å². The molecular formula is C16H18FNS2. The van der Waals surface area contributed by atoms with Crippen LogP contribution in [0.1, 0.15) is 30.5 Å². The summed E-state index contributed by atoms with van der Waals surface area (Å²) in [6, 6.07) is 8.28. The molecule has 2 heterocycles. The minimum atomic E-state index is -0.0792. The number of hydrogen-bond acceptors (Lipinski definition) is 3. The maximum atomic E-state index is 13.8. The van der Waals surface area contributed by atoms with Gasteiger partial charge in [0.2, 0.25) is 0 Å². The van der Waals surface area contributed by atoms with E-state index in [4.69, 9.17) is 0 Å². The van der Waals surface area contributed by atoms with Crippen LogP contribution in [0, 0.1) is 5.82 Å². The largest absolute Gasteiger partial charge is 0.307 e.